The molecule has 1 aliphatic heterocycles. The lowest BCUT2D eigenvalue weighted by Gasteiger charge is -2.31. The highest BCUT2D eigenvalue weighted by Gasteiger charge is 2.34. The Kier molecular flexibility index (Phi) is 10.1. The van der Waals surface area contributed by atoms with Crippen LogP contribution < -0.4 is 10.1 Å². The van der Waals surface area contributed by atoms with Crippen molar-refractivity contribution >= 4 is 29.9 Å². The van der Waals surface area contributed by atoms with Gasteiger partial charge in [-0.2, -0.15) is 0 Å². The van der Waals surface area contributed by atoms with Gasteiger partial charge in [-0.05, 0) is 58.3 Å². The number of carbonyl (C=O) groups is 3. The summed E-state index contributed by atoms with van der Waals surface area (Å²) < 4.78 is 5.49. The van der Waals surface area contributed by atoms with Crippen LogP contribution in [-0.4, -0.2) is 79.1 Å². The quantitative estimate of drug-likeness (QED) is 0.641. The zero-order chi connectivity index (χ0) is 22.8. The number of rotatable bonds is 6. The van der Waals surface area contributed by atoms with Crippen LogP contribution in [-0.2, 0) is 14.4 Å². The first-order valence-electron chi connectivity index (χ1n) is 10.6. The lowest BCUT2D eigenvalue weighted by atomic mass is 9.85. The van der Waals surface area contributed by atoms with Crippen molar-refractivity contribution in [1.82, 2.24) is 15.1 Å². The fourth-order valence-corrected chi connectivity index (χ4v) is 4.27. The fourth-order valence-electron chi connectivity index (χ4n) is 4.08. The van der Waals surface area contributed by atoms with Crippen molar-refractivity contribution in [2.75, 3.05) is 33.8 Å². The average Bonchev–Trinajstić information content (AvgIpc) is 3.24. The van der Waals surface area contributed by atoms with Crippen LogP contribution in [0.3, 0.4) is 0 Å². The second kappa shape index (κ2) is 12.5. The van der Waals surface area contributed by atoms with Crippen LogP contribution in [0, 0.1) is 5.92 Å². The first-order valence-corrected chi connectivity index (χ1v) is 10.9. The third-order valence-electron chi connectivity index (χ3n) is 5.84. The number of hydrogen-bond acceptors (Lipinski definition) is 5. The first-order chi connectivity index (χ1) is 14.8. The Labute approximate surface area is 188 Å². The van der Waals surface area contributed by atoms with Gasteiger partial charge in [0.2, 0.25) is 5.91 Å². The Morgan fingerprint density at radius 1 is 1.23 bits per heavy atom. The van der Waals surface area contributed by atoms with E-state index in [9.17, 15) is 9.59 Å². The normalized spacial score (nSPS) is 23.0. The molecule has 1 aromatic carbocycles. The predicted molar refractivity (Wildman–Crippen MR) is 118 cm³/mol. The molecule has 1 aromatic rings. The van der Waals surface area contributed by atoms with Gasteiger partial charge in [-0.25, -0.2) is 0 Å². The number of likely N-dealkylation sites (N-methyl/N-ethyl adjacent to an activating group) is 1. The molecule has 172 valence electrons. The molecule has 2 amide bonds. The Bertz CT molecular complexity index is 738. The molecule has 1 heterocycles. The molecule has 1 aliphatic carbocycles. The standard InChI is InChI=1S/C21H30ClN3O3.CH2O2/c1-24(2)17-11-12-25(13-17)21(27)15-7-9-16(10-8-15)23-20(26)14-28-19-6-4-3-5-18(19)22;2-1-3/h3-6,15-17H,7-14H2,1-2H3,(H,23,26);1H,(H,2,3). The minimum Gasteiger partial charge on any atom is -0.483 e. The van der Waals surface area contributed by atoms with E-state index in [0.29, 0.717) is 16.8 Å². The van der Waals surface area contributed by atoms with Gasteiger partial charge < -0.3 is 25.0 Å². The summed E-state index contributed by atoms with van der Waals surface area (Å²) in [7, 11) is 4.14. The van der Waals surface area contributed by atoms with Crippen LogP contribution >= 0.6 is 11.6 Å². The van der Waals surface area contributed by atoms with E-state index in [1.165, 1.54) is 0 Å². The predicted octanol–water partition coefficient (Wildman–Crippen LogP) is 2.26. The number of halogens is 1. The van der Waals surface area contributed by atoms with Crippen LogP contribution in [0.1, 0.15) is 32.1 Å². The number of likely N-dealkylation sites (tertiary alicyclic amines) is 1. The van der Waals surface area contributed by atoms with Crippen LogP contribution in [0.2, 0.25) is 5.02 Å². The van der Waals surface area contributed by atoms with Gasteiger partial charge in [-0.1, -0.05) is 23.7 Å². The molecule has 0 radical (unpaired) electrons. The highest BCUT2D eigenvalue weighted by molar-refractivity contribution is 6.32. The Hall–Kier alpha value is -2.32. The SMILES string of the molecule is CN(C)C1CCN(C(=O)C2CCC(NC(=O)COc3ccccc3Cl)CC2)C1.O=CO. The molecule has 8 nitrogen and oxygen atoms in total. The van der Waals surface area contributed by atoms with Gasteiger partial charge in [0.25, 0.3) is 12.4 Å². The van der Waals surface area contributed by atoms with Crippen LogP contribution in [0.5, 0.6) is 5.75 Å². The van der Waals surface area contributed by atoms with Crippen molar-refractivity contribution in [2.45, 2.75) is 44.2 Å². The molecule has 0 aromatic heterocycles. The van der Waals surface area contributed by atoms with E-state index >= 15 is 0 Å². The maximum atomic E-state index is 12.8. The highest BCUT2D eigenvalue weighted by Crippen LogP contribution is 2.28. The number of nitrogens with one attached hydrogen (secondary N) is 1. The Morgan fingerprint density at radius 2 is 1.87 bits per heavy atom. The minimum atomic E-state index is -0.250. The monoisotopic (exact) mass is 453 g/mol. The molecular weight excluding hydrogens is 422 g/mol. The Balaban J connectivity index is 0.00000107. The van der Waals surface area contributed by atoms with E-state index in [1.54, 1.807) is 12.1 Å². The summed E-state index contributed by atoms with van der Waals surface area (Å²) in [5.41, 5.74) is 0. The van der Waals surface area contributed by atoms with Crippen molar-refractivity contribution in [1.29, 1.82) is 0 Å². The lowest BCUT2D eigenvalue weighted by Crippen LogP contribution is -2.43. The molecule has 1 unspecified atom stereocenters. The lowest BCUT2D eigenvalue weighted by molar-refractivity contribution is -0.135. The van der Waals surface area contributed by atoms with Crippen LogP contribution in [0.25, 0.3) is 0 Å². The van der Waals surface area contributed by atoms with Gasteiger partial charge in [0, 0.05) is 31.1 Å². The van der Waals surface area contributed by atoms with Crippen molar-refractivity contribution in [3.05, 3.63) is 29.3 Å². The maximum absolute atomic E-state index is 12.8. The van der Waals surface area contributed by atoms with E-state index in [0.717, 1.165) is 45.2 Å². The largest absolute Gasteiger partial charge is 0.483 e. The molecule has 2 fully saturated rings. The maximum Gasteiger partial charge on any atom is 0.290 e. The average molecular weight is 454 g/mol. The molecular formula is C22H32ClN3O5. The second-order valence-electron chi connectivity index (χ2n) is 8.13. The zero-order valence-corrected chi connectivity index (χ0v) is 18.9. The second-order valence-corrected chi connectivity index (χ2v) is 8.54. The number of hydrogen-bond donors (Lipinski definition) is 2. The molecule has 31 heavy (non-hydrogen) atoms. The van der Waals surface area contributed by atoms with Gasteiger partial charge in [0.15, 0.2) is 6.61 Å². The molecule has 1 saturated heterocycles. The summed E-state index contributed by atoms with van der Waals surface area (Å²) in [4.78, 5) is 37.5. The molecule has 0 bridgehead atoms. The van der Waals surface area contributed by atoms with Crippen molar-refractivity contribution in [3.8, 4) is 5.75 Å². The van der Waals surface area contributed by atoms with Crippen molar-refractivity contribution < 1.29 is 24.2 Å². The van der Waals surface area contributed by atoms with E-state index in [2.05, 4.69) is 24.3 Å². The number of carboxylic acid groups (broad SMARTS) is 1. The topological polar surface area (TPSA) is 99.2 Å². The van der Waals surface area contributed by atoms with Crippen molar-refractivity contribution in [3.63, 3.8) is 0 Å². The minimum absolute atomic E-state index is 0.0533. The van der Waals surface area contributed by atoms with Gasteiger partial charge in [-0.3, -0.25) is 14.4 Å². The third kappa shape index (κ3) is 7.70. The number of carbonyl (C=O) groups excluding carboxylic acids is 2. The smallest absolute Gasteiger partial charge is 0.290 e. The van der Waals surface area contributed by atoms with Crippen molar-refractivity contribution in [2.24, 2.45) is 5.92 Å². The number of amides is 2. The molecule has 9 heteroatoms. The number of nitrogens with zero attached hydrogens (tertiary/aromatic N) is 2. The van der Waals surface area contributed by atoms with E-state index in [4.69, 9.17) is 26.2 Å². The van der Waals surface area contributed by atoms with Gasteiger partial charge in [0.05, 0.1) is 5.02 Å². The van der Waals surface area contributed by atoms with Gasteiger partial charge >= 0.3 is 0 Å². The molecule has 2 aliphatic rings. The molecule has 0 spiro atoms. The van der Waals surface area contributed by atoms with Crippen LogP contribution in [0.15, 0.2) is 24.3 Å². The molecule has 1 atom stereocenters. The summed E-state index contributed by atoms with van der Waals surface area (Å²) in [6.45, 7) is 1.39. The summed E-state index contributed by atoms with van der Waals surface area (Å²) in [6.07, 6.45) is 4.38. The third-order valence-corrected chi connectivity index (χ3v) is 6.15. The fraction of sp³-hybridized carbons (Fsp3) is 0.591. The number of ether oxygens (including phenoxy) is 1. The summed E-state index contributed by atoms with van der Waals surface area (Å²) in [5.74, 6) is 0.739. The van der Waals surface area contributed by atoms with E-state index in [1.807, 2.05) is 17.0 Å². The zero-order valence-electron chi connectivity index (χ0n) is 18.1. The first kappa shape index (κ1) is 24.9. The number of para-hydroxylation sites is 1. The summed E-state index contributed by atoms with van der Waals surface area (Å²) in [6, 6.07) is 7.69. The number of benzene rings is 1. The molecule has 3 rings (SSSR count). The highest BCUT2D eigenvalue weighted by atomic mass is 35.5. The van der Waals surface area contributed by atoms with Gasteiger partial charge in [0.1, 0.15) is 5.75 Å². The summed E-state index contributed by atoms with van der Waals surface area (Å²) in [5, 5.41) is 10.4. The van der Waals surface area contributed by atoms with Crippen LogP contribution in [0.4, 0.5) is 0 Å². The molecule has 2 N–H and O–H groups in total. The Morgan fingerprint density at radius 3 is 2.45 bits per heavy atom. The van der Waals surface area contributed by atoms with E-state index in [-0.39, 0.29) is 36.9 Å². The van der Waals surface area contributed by atoms with Gasteiger partial charge in [-0.15, -0.1) is 0 Å². The van der Waals surface area contributed by atoms with E-state index < -0.39 is 0 Å². The summed E-state index contributed by atoms with van der Waals surface area (Å²) >= 11 is 6.03. The molecule has 1 saturated carbocycles.